The van der Waals surface area contributed by atoms with Crippen molar-refractivity contribution in [2.24, 2.45) is 5.92 Å². The first-order chi connectivity index (χ1) is 8.19. The predicted octanol–water partition coefficient (Wildman–Crippen LogP) is 2.48. The van der Waals surface area contributed by atoms with Crippen LogP contribution in [0.5, 0.6) is 5.75 Å². The normalized spacial score (nSPS) is 15.5. The lowest BCUT2D eigenvalue weighted by atomic mass is 10.1. The molecule has 0 aliphatic carbocycles. The van der Waals surface area contributed by atoms with Crippen molar-refractivity contribution in [1.29, 1.82) is 0 Å². The Balaban J connectivity index is 2.05. The van der Waals surface area contributed by atoms with Gasteiger partial charge in [-0.25, -0.2) is 0 Å². The van der Waals surface area contributed by atoms with E-state index in [2.05, 4.69) is 24.5 Å². The van der Waals surface area contributed by atoms with Gasteiger partial charge in [-0.05, 0) is 24.1 Å². The summed E-state index contributed by atoms with van der Waals surface area (Å²) in [6.45, 7) is 5.42. The number of hydrogen-bond donors (Lipinski definition) is 2. The minimum absolute atomic E-state index is 0.100. The van der Waals surface area contributed by atoms with E-state index in [0.717, 1.165) is 30.1 Å². The number of rotatable bonds is 4. The van der Waals surface area contributed by atoms with Crippen LogP contribution in [-0.4, -0.2) is 19.1 Å². The maximum atomic E-state index is 11.2. The van der Waals surface area contributed by atoms with Gasteiger partial charge in [0, 0.05) is 12.2 Å². The van der Waals surface area contributed by atoms with Crippen LogP contribution in [0.25, 0.3) is 0 Å². The molecule has 2 N–H and O–H groups in total. The van der Waals surface area contributed by atoms with Crippen LogP contribution in [0.1, 0.15) is 20.3 Å². The number of carbonyl (C=O) groups excluding carboxylic acids is 1. The number of fused-ring (bicyclic) bond motifs is 1. The molecule has 17 heavy (non-hydrogen) atoms. The molecule has 0 saturated heterocycles. The first-order valence-electron chi connectivity index (χ1n) is 5.99. The molecule has 1 aliphatic heterocycles. The van der Waals surface area contributed by atoms with Crippen LogP contribution < -0.4 is 15.4 Å². The number of benzene rings is 1. The number of hydrogen-bond acceptors (Lipinski definition) is 3. The lowest BCUT2D eigenvalue weighted by molar-refractivity contribution is -0.118. The van der Waals surface area contributed by atoms with Gasteiger partial charge in [0.15, 0.2) is 6.61 Å². The van der Waals surface area contributed by atoms with E-state index in [1.807, 2.05) is 18.2 Å². The Morgan fingerprint density at radius 1 is 1.53 bits per heavy atom. The van der Waals surface area contributed by atoms with Crippen molar-refractivity contribution in [3.63, 3.8) is 0 Å². The molecule has 1 atom stereocenters. The lowest BCUT2D eigenvalue weighted by Crippen LogP contribution is -2.25. The molecule has 1 aromatic carbocycles. The molecule has 0 radical (unpaired) electrons. The molecular weight excluding hydrogens is 216 g/mol. The predicted molar refractivity (Wildman–Crippen MR) is 68.5 cm³/mol. The molecule has 0 saturated carbocycles. The van der Waals surface area contributed by atoms with Gasteiger partial charge in [0.05, 0.1) is 5.69 Å². The number of carbonyl (C=O) groups is 1. The van der Waals surface area contributed by atoms with Crippen molar-refractivity contribution in [3.05, 3.63) is 18.2 Å². The van der Waals surface area contributed by atoms with Crippen molar-refractivity contribution in [2.45, 2.75) is 20.3 Å². The summed E-state index contributed by atoms with van der Waals surface area (Å²) in [5.74, 6) is 1.27. The van der Waals surface area contributed by atoms with Gasteiger partial charge in [-0.2, -0.15) is 0 Å². The van der Waals surface area contributed by atoms with Gasteiger partial charge in [0.25, 0.3) is 5.91 Å². The SMILES string of the molecule is CCC(C)CNc1ccc2c(c1)NC(=O)CO2. The average molecular weight is 234 g/mol. The van der Waals surface area contributed by atoms with E-state index >= 15 is 0 Å². The van der Waals surface area contributed by atoms with Crippen molar-refractivity contribution in [1.82, 2.24) is 0 Å². The molecule has 2 rings (SSSR count). The zero-order valence-electron chi connectivity index (χ0n) is 10.2. The maximum absolute atomic E-state index is 11.2. The van der Waals surface area contributed by atoms with E-state index in [9.17, 15) is 4.79 Å². The minimum Gasteiger partial charge on any atom is -0.482 e. The zero-order chi connectivity index (χ0) is 12.3. The van der Waals surface area contributed by atoms with Crippen molar-refractivity contribution < 1.29 is 9.53 Å². The van der Waals surface area contributed by atoms with Crippen molar-refractivity contribution in [2.75, 3.05) is 23.8 Å². The highest BCUT2D eigenvalue weighted by Crippen LogP contribution is 2.30. The first kappa shape index (κ1) is 11.8. The van der Waals surface area contributed by atoms with Crippen LogP contribution in [-0.2, 0) is 4.79 Å². The zero-order valence-corrected chi connectivity index (χ0v) is 10.2. The Hall–Kier alpha value is -1.71. The van der Waals surface area contributed by atoms with Gasteiger partial charge in [-0.1, -0.05) is 20.3 Å². The summed E-state index contributed by atoms with van der Waals surface area (Å²) in [5, 5.41) is 6.15. The standard InChI is InChI=1S/C13H18N2O2/c1-3-9(2)7-14-10-4-5-12-11(6-10)15-13(16)8-17-12/h4-6,9,14H,3,7-8H2,1-2H3,(H,15,16). The van der Waals surface area contributed by atoms with Crippen LogP contribution in [0.4, 0.5) is 11.4 Å². The van der Waals surface area contributed by atoms with E-state index in [1.165, 1.54) is 0 Å². The van der Waals surface area contributed by atoms with Gasteiger partial charge in [-0.15, -0.1) is 0 Å². The lowest BCUT2D eigenvalue weighted by Gasteiger charge is -2.19. The Bertz CT molecular complexity index is 418. The van der Waals surface area contributed by atoms with E-state index in [4.69, 9.17) is 4.74 Å². The molecule has 1 aliphatic rings. The molecule has 0 bridgehead atoms. The first-order valence-corrected chi connectivity index (χ1v) is 5.99. The average Bonchev–Trinajstić information content (AvgIpc) is 2.35. The monoisotopic (exact) mass is 234 g/mol. The summed E-state index contributed by atoms with van der Waals surface area (Å²) < 4.78 is 5.30. The summed E-state index contributed by atoms with van der Waals surface area (Å²) in [4.78, 5) is 11.2. The molecule has 92 valence electrons. The second-order valence-electron chi connectivity index (χ2n) is 4.44. The molecule has 1 amide bonds. The quantitative estimate of drug-likeness (QED) is 0.841. The molecular formula is C13H18N2O2. The molecule has 1 unspecified atom stereocenters. The van der Waals surface area contributed by atoms with E-state index in [0.29, 0.717) is 5.92 Å². The molecule has 0 spiro atoms. The van der Waals surface area contributed by atoms with E-state index < -0.39 is 0 Å². The van der Waals surface area contributed by atoms with Gasteiger partial charge in [-0.3, -0.25) is 4.79 Å². The highest BCUT2D eigenvalue weighted by atomic mass is 16.5. The fourth-order valence-electron chi connectivity index (χ4n) is 1.63. The third kappa shape index (κ3) is 2.90. The Labute approximate surface area is 101 Å². The molecule has 0 aromatic heterocycles. The van der Waals surface area contributed by atoms with E-state index in [-0.39, 0.29) is 12.5 Å². The van der Waals surface area contributed by atoms with Gasteiger partial charge >= 0.3 is 0 Å². The van der Waals surface area contributed by atoms with Crippen LogP contribution in [0.2, 0.25) is 0 Å². The molecule has 0 fully saturated rings. The number of amides is 1. The second kappa shape index (κ2) is 5.08. The van der Waals surface area contributed by atoms with Crippen LogP contribution >= 0.6 is 0 Å². The molecule has 1 heterocycles. The summed E-state index contributed by atoms with van der Waals surface area (Å²) in [6.07, 6.45) is 1.15. The Morgan fingerprint density at radius 2 is 2.35 bits per heavy atom. The molecule has 4 heteroatoms. The van der Waals surface area contributed by atoms with E-state index in [1.54, 1.807) is 0 Å². The smallest absolute Gasteiger partial charge is 0.262 e. The number of nitrogens with one attached hydrogen (secondary N) is 2. The second-order valence-corrected chi connectivity index (χ2v) is 4.44. The molecule has 1 aromatic rings. The van der Waals surface area contributed by atoms with Crippen LogP contribution in [0, 0.1) is 5.92 Å². The van der Waals surface area contributed by atoms with Crippen LogP contribution in [0.3, 0.4) is 0 Å². The fourth-order valence-corrected chi connectivity index (χ4v) is 1.63. The highest BCUT2D eigenvalue weighted by Gasteiger charge is 2.15. The number of ether oxygens (including phenoxy) is 1. The number of anilines is 2. The van der Waals surface area contributed by atoms with Gasteiger partial charge < -0.3 is 15.4 Å². The summed E-state index contributed by atoms with van der Waals surface area (Å²) in [6, 6.07) is 5.77. The summed E-state index contributed by atoms with van der Waals surface area (Å²) in [7, 11) is 0. The third-order valence-electron chi connectivity index (χ3n) is 2.96. The van der Waals surface area contributed by atoms with Gasteiger partial charge in [0.2, 0.25) is 0 Å². The van der Waals surface area contributed by atoms with Crippen molar-refractivity contribution in [3.8, 4) is 5.75 Å². The van der Waals surface area contributed by atoms with Crippen LogP contribution in [0.15, 0.2) is 18.2 Å². The highest BCUT2D eigenvalue weighted by molar-refractivity contribution is 5.95. The third-order valence-corrected chi connectivity index (χ3v) is 2.96. The molecule has 4 nitrogen and oxygen atoms in total. The summed E-state index contributed by atoms with van der Waals surface area (Å²) in [5.41, 5.74) is 1.75. The summed E-state index contributed by atoms with van der Waals surface area (Å²) >= 11 is 0. The fraction of sp³-hybridized carbons (Fsp3) is 0.462. The topological polar surface area (TPSA) is 50.4 Å². The van der Waals surface area contributed by atoms with Crippen molar-refractivity contribution >= 4 is 17.3 Å². The Kier molecular flexibility index (Phi) is 3.52. The minimum atomic E-state index is -0.100. The Morgan fingerprint density at radius 3 is 3.12 bits per heavy atom. The van der Waals surface area contributed by atoms with Gasteiger partial charge in [0.1, 0.15) is 5.75 Å². The largest absolute Gasteiger partial charge is 0.482 e. The maximum Gasteiger partial charge on any atom is 0.262 e.